The maximum absolute atomic E-state index is 12.3. The summed E-state index contributed by atoms with van der Waals surface area (Å²) in [6, 6.07) is 13.7. The average molecular weight is 332 g/mol. The van der Waals surface area contributed by atoms with Gasteiger partial charge in [-0.25, -0.2) is 0 Å². The van der Waals surface area contributed by atoms with Crippen LogP contribution in [0.15, 0.2) is 46.9 Å². The van der Waals surface area contributed by atoms with Gasteiger partial charge in [0, 0.05) is 10.2 Å². The first-order valence-corrected chi connectivity index (χ1v) is 7.44. The highest BCUT2D eigenvalue weighted by Crippen LogP contribution is 2.22. The molecule has 0 bridgehead atoms. The highest BCUT2D eigenvalue weighted by Gasteiger charge is 2.11. The molecule has 0 unspecified atom stereocenters. The van der Waals surface area contributed by atoms with E-state index in [1.54, 1.807) is 0 Å². The predicted octanol–water partition coefficient (Wildman–Crippen LogP) is 5.13. The predicted molar refractivity (Wildman–Crippen MR) is 87.4 cm³/mol. The van der Waals surface area contributed by atoms with Crippen molar-refractivity contribution in [1.29, 1.82) is 0 Å². The van der Waals surface area contributed by atoms with Gasteiger partial charge in [0.05, 0.1) is 5.56 Å². The number of halogens is 1. The average Bonchev–Trinajstić information content (AvgIpc) is 2.41. The fourth-order valence-electron chi connectivity index (χ4n) is 1.99. The number of carbonyl (C=O) groups is 1. The fraction of sp³-hybridized carbons (Fsp3) is 0.235. The van der Waals surface area contributed by atoms with Crippen molar-refractivity contribution in [3.05, 3.63) is 63.6 Å². The molecule has 0 atom stereocenters. The molecule has 0 aromatic heterocycles. The largest absolute Gasteiger partial charge is 0.322 e. The third-order valence-electron chi connectivity index (χ3n) is 3.18. The second-order valence-electron chi connectivity index (χ2n) is 5.22. The Labute approximate surface area is 128 Å². The maximum Gasteiger partial charge on any atom is 0.256 e. The first-order valence-electron chi connectivity index (χ1n) is 6.65. The second kappa shape index (κ2) is 6.23. The summed E-state index contributed by atoms with van der Waals surface area (Å²) in [5.74, 6) is 0.346. The summed E-state index contributed by atoms with van der Waals surface area (Å²) in [5, 5.41) is 2.95. The molecule has 1 amide bonds. The van der Waals surface area contributed by atoms with E-state index >= 15 is 0 Å². The van der Waals surface area contributed by atoms with Crippen LogP contribution >= 0.6 is 15.9 Å². The van der Waals surface area contributed by atoms with E-state index in [0.717, 1.165) is 15.7 Å². The van der Waals surface area contributed by atoms with E-state index in [-0.39, 0.29) is 5.91 Å². The Bertz CT molecular complexity index is 635. The lowest BCUT2D eigenvalue weighted by atomic mass is 10.0. The summed E-state index contributed by atoms with van der Waals surface area (Å²) < 4.78 is 0.806. The third kappa shape index (κ3) is 3.48. The van der Waals surface area contributed by atoms with Gasteiger partial charge in [-0.2, -0.15) is 0 Å². The van der Waals surface area contributed by atoms with Gasteiger partial charge in [-0.3, -0.25) is 4.79 Å². The molecule has 0 aliphatic carbocycles. The van der Waals surface area contributed by atoms with Gasteiger partial charge in [0.15, 0.2) is 0 Å². The van der Waals surface area contributed by atoms with Crippen LogP contribution in [0.3, 0.4) is 0 Å². The number of hydrogen-bond donors (Lipinski definition) is 1. The Morgan fingerprint density at radius 2 is 1.90 bits per heavy atom. The highest BCUT2D eigenvalue weighted by molar-refractivity contribution is 9.10. The molecule has 0 saturated carbocycles. The van der Waals surface area contributed by atoms with Crippen LogP contribution in [-0.2, 0) is 0 Å². The van der Waals surface area contributed by atoms with Gasteiger partial charge < -0.3 is 5.32 Å². The molecule has 104 valence electrons. The highest BCUT2D eigenvalue weighted by atomic mass is 79.9. The number of carbonyl (C=O) groups excluding carboxylic acids is 1. The maximum atomic E-state index is 12.3. The van der Waals surface area contributed by atoms with Gasteiger partial charge in [-0.15, -0.1) is 0 Å². The molecular weight excluding hydrogens is 314 g/mol. The molecular formula is C17H18BrNO. The van der Waals surface area contributed by atoms with E-state index < -0.39 is 0 Å². The van der Waals surface area contributed by atoms with Crippen molar-refractivity contribution < 1.29 is 4.79 Å². The smallest absolute Gasteiger partial charge is 0.256 e. The van der Waals surface area contributed by atoms with Crippen molar-refractivity contribution in [1.82, 2.24) is 0 Å². The number of nitrogens with one attached hydrogen (secondary N) is 1. The number of aryl methyl sites for hydroxylation is 1. The third-order valence-corrected chi connectivity index (χ3v) is 3.87. The Balaban J connectivity index is 2.23. The quantitative estimate of drug-likeness (QED) is 0.829. The Kier molecular flexibility index (Phi) is 4.61. The zero-order chi connectivity index (χ0) is 14.7. The van der Waals surface area contributed by atoms with Gasteiger partial charge in [0.25, 0.3) is 5.91 Å². The Hall–Kier alpha value is -1.61. The van der Waals surface area contributed by atoms with E-state index in [9.17, 15) is 4.79 Å². The summed E-state index contributed by atoms with van der Waals surface area (Å²) in [7, 11) is 0. The lowest BCUT2D eigenvalue weighted by Crippen LogP contribution is -2.13. The summed E-state index contributed by atoms with van der Waals surface area (Å²) in [5.41, 5.74) is 3.76. The normalized spacial score (nSPS) is 10.7. The van der Waals surface area contributed by atoms with E-state index in [0.29, 0.717) is 11.5 Å². The molecule has 2 aromatic carbocycles. The van der Waals surface area contributed by atoms with Crippen molar-refractivity contribution >= 4 is 27.5 Å². The first kappa shape index (κ1) is 14.8. The fourth-order valence-corrected chi connectivity index (χ4v) is 2.41. The van der Waals surface area contributed by atoms with Gasteiger partial charge >= 0.3 is 0 Å². The van der Waals surface area contributed by atoms with Gasteiger partial charge in [0.1, 0.15) is 0 Å². The molecule has 0 aliphatic rings. The molecule has 0 aliphatic heterocycles. The lowest BCUT2D eigenvalue weighted by molar-refractivity contribution is 0.102. The van der Waals surface area contributed by atoms with Crippen LogP contribution in [0, 0.1) is 6.92 Å². The van der Waals surface area contributed by atoms with Crippen molar-refractivity contribution in [2.75, 3.05) is 5.32 Å². The van der Waals surface area contributed by atoms with Crippen molar-refractivity contribution in [2.45, 2.75) is 26.7 Å². The van der Waals surface area contributed by atoms with Crippen LogP contribution in [0.2, 0.25) is 0 Å². The molecule has 0 fully saturated rings. The molecule has 3 heteroatoms. The molecule has 2 aromatic rings. The molecule has 0 heterocycles. The number of rotatable bonds is 3. The molecule has 20 heavy (non-hydrogen) atoms. The summed E-state index contributed by atoms with van der Waals surface area (Å²) in [4.78, 5) is 12.3. The van der Waals surface area contributed by atoms with Crippen LogP contribution in [-0.4, -0.2) is 5.91 Å². The van der Waals surface area contributed by atoms with Gasteiger partial charge in [-0.05, 0) is 58.6 Å². The van der Waals surface area contributed by atoms with E-state index in [1.165, 1.54) is 5.56 Å². The molecule has 2 nitrogen and oxygen atoms in total. The summed E-state index contributed by atoms with van der Waals surface area (Å²) >= 11 is 3.42. The molecule has 0 saturated heterocycles. The lowest BCUT2D eigenvalue weighted by Gasteiger charge is -2.10. The van der Waals surface area contributed by atoms with E-state index in [1.807, 2.05) is 43.3 Å². The second-order valence-corrected chi connectivity index (χ2v) is 6.07. The Morgan fingerprint density at radius 3 is 2.60 bits per heavy atom. The standard InChI is InChI=1S/C17H18BrNO/c1-11(2)13-5-4-6-14(10-13)19-17(20)15-9-12(3)7-8-16(15)18/h4-11H,1-3H3,(H,19,20). The summed E-state index contributed by atoms with van der Waals surface area (Å²) in [6.45, 7) is 6.25. The minimum atomic E-state index is -0.0959. The van der Waals surface area contributed by atoms with Crippen molar-refractivity contribution in [3.63, 3.8) is 0 Å². The van der Waals surface area contributed by atoms with Gasteiger partial charge in [0.2, 0.25) is 0 Å². The van der Waals surface area contributed by atoms with Crippen molar-refractivity contribution in [3.8, 4) is 0 Å². The number of amides is 1. The molecule has 0 spiro atoms. The van der Waals surface area contributed by atoms with Crippen LogP contribution < -0.4 is 5.32 Å². The van der Waals surface area contributed by atoms with Crippen LogP contribution in [0.1, 0.15) is 41.3 Å². The number of anilines is 1. The molecule has 1 N–H and O–H groups in total. The zero-order valence-electron chi connectivity index (χ0n) is 11.9. The monoisotopic (exact) mass is 331 g/mol. The number of benzene rings is 2. The molecule has 0 radical (unpaired) electrons. The number of hydrogen-bond acceptors (Lipinski definition) is 1. The van der Waals surface area contributed by atoms with Crippen molar-refractivity contribution in [2.24, 2.45) is 0 Å². The minimum Gasteiger partial charge on any atom is -0.322 e. The molecule has 2 rings (SSSR count). The van der Waals surface area contributed by atoms with E-state index in [2.05, 4.69) is 41.2 Å². The topological polar surface area (TPSA) is 29.1 Å². The minimum absolute atomic E-state index is 0.0959. The van der Waals surface area contributed by atoms with E-state index in [4.69, 9.17) is 0 Å². The van der Waals surface area contributed by atoms with Crippen LogP contribution in [0.4, 0.5) is 5.69 Å². The SMILES string of the molecule is Cc1ccc(Br)c(C(=O)Nc2cccc(C(C)C)c2)c1. The first-order chi connectivity index (χ1) is 9.47. The zero-order valence-corrected chi connectivity index (χ0v) is 13.5. The van der Waals surface area contributed by atoms with Gasteiger partial charge in [-0.1, -0.05) is 37.6 Å². The van der Waals surface area contributed by atoms with Crippen LogP contribution in [0.5, 0.6) is 0 Å². The van der Waals surface area contributed by atoms with Crippen LogP contribution in [0.25, 0.3) is 0 Å². The Morgan fingerprint density at radius 1 is 1.15 bits per heavy atom. The summed E-state index contributed by atoms with van der Waals surface area (Å²) in [6.07, 6.45) is 0.